The van der Waals surface area contributed by atoms with Crippen LogP contribution in [0.15, 0.2) is 12.1 Å². The minimum Gasteiger partial charge on any atom is -0.488 e. The molecule has 1 aromatic rings. The van der Waals surface area contributed by atoms with E-state index in [1.807, 2.05) is 13.8 Å². The molecule has 0 radical (unpaired) electrons. The van der Waals surface area contributed by atoms with Crippen LogP contribution in [-0.4, -0.2) is 24.6 Å². The first kappa shape index (κ1) is 15.4. The number of ether oxygens (including phenoxy) is 1. The van der Waals surface area contributed by atoms with E-state index in [0.717, 1.165) is 12.8 Å². The zero-order valence-electron chi connectivity index (χ0n) is 12.4. The lowest BCUT2D eigenvalue weighted by Crippen LogP contribution is -2.27. The number of nitrogen functional groups attached to an aromatic ring is 1. The molecule has 1 aliphatic carbocycles. The lowest BCUT2D eigenvalue weighted by molar-refractivity contribution is -0.120. The Morgan fingerprint density at radius 3 is 2.81 bits per heavy atom. The molecule has 0 unspecified atom stereocenters. The average molecular weight is 295 g/mol. The largest absolute Gasteiger partial charge is 0.488 e. The van der Waals surface area contributed by atoms with Gasteiger partial charge in [0, 0.05) is 31.1 Å². The fraction of sp³-hybridized carbons (Fsp3) is 0.533. The standard InChI is InChI=1S/C15H22FN3O2/c1-9(2)21-14-8-13(12(17)7-11(14)16)18-6-5-15(20)19-10-3-4-10/h7-10,18H,3-6,17H2,1-2H3,(H,19,20). The van der Waals surface area contributed by atoms with Crippen molar-refractivity contribution < 1.29 is 13.9 Å². The van der Waals surface area contributed by atoms with Crippen LogP contribution in [0.25, 0.3) is 0 Å². The number of hydrogen-bond donors (Lipinski definition) is 3. The van der Waals surface area contributed by atoms with Gasteiger partial charge in [-0.2, -0.15) is 0 Å². The third-order valence-electron chi connectivity index (χ3n) is 3.08. The fourth-order valence-corrected chi connectivity index (χ4v) is 1.90. The number of carbonyl (C=O) groups excluding carboxylic acids is 1. The minimum absolute atomic E-state index is 0.0179. The fourth-order valence-electron chi connectivity index (χ4n) is 1.90. The second kappa shape index (κ2) is 6.65. The van der Waals surface area contributed by atoms with Gasteiger partial charge in [0.1, 0.15) is 0 Å². The lowest BCUT2D eigenvalue weighted by atomic mass is 10.2. The van der Waals surface area contributed by atoms with Crippen LogP contribution in [0.1, 0.15) is 33.1 Å². The molecule has 21 heavy (non-hydrogen) atoms. The molecule has 2 rings (SSSR count). The van der Waals surface area contributed by atoms with E-state index >= 15 is 0 Å². The monoisotopic (exact) mass is 295 g/mol. The van der Waals surface area contributed by atoms with Crippen molar-refractivity contribution >= 4 is 17.3 Å². The maximum absolute atomic E-state index is 13.7. The number of anilines is 2. The smallest absolute Gasteiger partial charge is 0.221 e. The number of rotatable bonds is 7. The van der Waals surface area contributed by atoms with Gasteiger partial charge in [-0.15, -0.1) is 0 Å². The van der Waals surface area contributed by atoms with Crippen molar-refractivity contribution in [2.24, 2.45) is 0 Å². The van der Waals surface area contributed by atoms with E-state index in [1.165, 1.54) is 12.1 Å². The molecule has 0 bridgehead atoms. The second-order valence-electron chi connectivity index (χ2n) is 5.56. The summed E-state index contributed by atoms with van der Waals surface area (Å²) < 4.78 is 19.1. The van der Waals surface area contributed by atoms with E-state index < -0.39 is 5.82 Å². The molecule has 0 aliphatic heterocycles. The summed E-state index contributed by atoms with van der Waals surface area (Å²) in [4.78, 5) is 11.6. The van der Waals surface area contributed by atoms with Crippen molar-refractivity contribution in [1.82, 2.24) is 5.32 Å². The highest BCUT2D eigenvalue weighted by Crippen LogP contribution is 2.28. The molecule has 1 saturated carbocycles. The first-order chi connectivity index (χ1) is 9.95. The quantitative estimate of drug-likeness (QED) is 0.674. The van der Waals surface area contributed by atoms with Crippen LogP contribution in [0, 0.1) is 5.82 Å². The number of amides is 1. The summed E-state index contributed by atoms with van der Waals surface area (Å²) in [5, 5.41) is 5.95. The number of halogens is 1. The van der Waals surface area contributed by atoms with Crippen LogP contribution in [0.4, 0.5) is 15.8 Å². The molecule has 1 fully saturated rings. The summed E-state index contributed by atoms with van der Waals surface area (Å²) in [7, 11) is 0. The summed E-state index contributed by atoms with van der Waals surface area (Å²) in [5.41, 5.74) is 6.64. The molecule has 0 heterocycles. The van der Waals surface area contributed by atoms with E-state index in [0.29, 0.717) is 30.4 Å². The molecule has 0 aromatic heterocycles. The Kier molecular flexibility index (Phi) is 4.88. The highest BCUT2D eigenvalue weighted by atomic mass is 19.1. The second-order valence-corrected chi connectivity index (χ2v) is 5.56. The maximum Gasteiger partial charge on any atom is 0.221 e. The highest BCUT2D eigenvalue weighted by molar-refractivity contribution is 5.77. The summed E-state index contributed by atoms with van der Waals surface area (Å²) in [5.74, 6) is -0.313. The molecule has 0 spiro atoms. The van der Waals surface area contributed by atoms with Crippen molar-refractivity contribution in [3.05, 3.63) is 17.9 Å². The molecule has 5 nitrogen and oxygen atoms in total. The van der Waals surface area contributed by atoms with Crippen molar-refractivity contribution in [1.29, 1.82) is 0 Å². The molecule has 0 atom stereocenters. The van der Waals surface area contributed by atoms with E-state index in [4.69, 9.17) is 10.5 Å². The highest BCUT2D eigenvalue weighted by Gasteiger charge is 2.22. The van der Waals surface area contributed by atoms with E-state index in [-0.39, 0.29) is 17.8 Å². The summed E-state index contributed by atoms with van der Waals surface area (Å²) >= 11 is 0. The number of benzene rings is 1. The Balaban J connectivity index is 1.90. The normalized spacial score (nSPS) is 14.1. The Bertz CT molecular complexity index is 516. The SMILES string of the molecule is CC(C)Oc1cc(NCCC(=O)NC2CC2)c(N)cc1F. The Labute approximate surface area is 124 Å². The van der Waals surface area contributed by atoms with Gasteiger partial charge >= 0.3 is 0 Å². The average Bonchev–Trinajstić information content (AvgIpc) is 3.18. The Hall–Kier alpha value is -1.98. The van der Waals surface area contributed by atoms with E-state index in [2.05, 4.69) is 10.6 Å². The third-order valence-corrected chi connectivity index (χ3v) is 3.08. The van der Waals surface area contributed by atoms with Crippen LogP contribution in [0.2, 0.25) is 0 Å². The lowest BCUT2D eigenvalue weighted by Gasteiger charge is -2.15. The summed E-state index contributed by atoms with van der Waals surface area (Å²) in [6, 6.07) is 3.12. The van der Waals surface area contributed by atoms with Gasteiger partial charge in [-0.25, -0.2) is 4.39 Å². The zero-order valence-corrected chi connectivity index (χ0v) is 12.4. The van der Waals surface area contributed by atoms with Crippen LogP contribution in [0.5, 0.6) is 5.75 Å². The molecule has 1 amide bonds. The van der Waals surface area contributed by atoms with Crippen LogP contribution in [-0.2, 0) is 4.79 Å². The Morgan fingerprint density at radius 2 is 2.19 bits per heavy atom. The molecular weight excluding hydrogens is 273 g/mol. The molecule has 1 aliphatic rings. The summed E-state index contributed by atoms with van der Waals surface area (Å²) in [6.45, 7) is 4.09. The van der Waals surface area contributed by atoms with E-state index in [9.17, 15) is 9.18 Å². The van der Waals surface area contributed by atoms with Crippen LogP contribution < -0.4 is 21.1 Å². The van der Waals surface area contributed by atoms with Gasteiger partial charge in [0.05, 0.1) is 17.5 Å². The van der Waals surface area contributed by atoms with Crippen molar-refractivity contribution in [2.75, 3.05) is 17.6 Å². The van der Waals surface area contributed by atoms with Crippen molar-refractivity contribution in [2.45, 2.75) is 45.3 Å². The molecule has 116 valence electrons. The van der Waals surface area contributed by atoms with Gasteiger partial charge in [-0.3, -0.25) is 4.79 Å². The van der Waals surface area contributed by atoms with Crippen molar-refractivity contribution in [3.8, 4) is 5.75 Å². The number of nitrogens with one attached hydrogen (secondary N) is 2. The number of nitrogens with two attached hydrogens (primary N) is 1. The Morgan fingerprint density at radius 1 is 1.48 bits per heavy atom. The van der Waals surface area contributed by atoms with Gasteiger partial charge in [-0.05, 0) is 26.7 Å². The molecule has 1 aromatic carbocycles. The third kappa shape index (κ3) is 4.81. The number of hydrogen-bond acceptors (Lipinski definition) is 4. The zero-order chi connectivity index (χ0) is 15.4. The van der Waals surface area contributed by atoms with Gasteiger partial charge in [0.2, 0.25) is 5.91 Å². The first-order valence-electron chi connectivity index (χ1n) is 7.24. The first-order valence-corrected chi connectivity index (χ1v) is 7.24. The van der Waals surface area contributed by atoms with Crippen LogP contribution in [0.3, 0.4) is 0 Å². The minimum atomic E-state index is -0.488. The topological polar surface area (TPSA) is 76.4 Å². The van der Waals surface area contributed by atoms with Gasteiger partial charge in [0.15, 0.2) is 11.6 Å². The maximum atomic E-state index is 13.7. The van der Waals surface area contributed by atoms with Gasteiger partial charge < -0.3 is 21.1 Å². The molecular formula is C15H22FN3O2. The van der Waals surface area contributed by atoms with Gasteiger partial charge in [-0.1, -0.05) is 0 Å². The van der Waals surface area contributed by atoms with E-state index in [1.54, 1.807) is 0 Å². The predicted molar refractivity (Wildman–Crippen MR) is 80.8 cm³/mol. The molecule has 4 N–H and O–H groups in total. The molecule has 6 heteroatoms. The van der Waals surface area contributed by atoms with Crippen LogP contribution >= 0.6 is 0 Å². The summed E-state index contributed by atoms with van der Waals surface area (Å²) in [6.07, 6.45) is 2.37. The van der Waals surface area contributed by atoms with Crippen molar-refractivity contribution in [3.63, 3.8) is 0 Å². The van der Waals surface area contributed by atoms with Gasteiger partial charge in [0.25, 0.3) is 0 Å². The predicted octanol–water partition coefficient (Wildman–Crippen LogP) is 2.28. The molecule has 0 saturated heterocycles. The number of carbonyl (C=O) groups is 1.